The van der Waals surface area contributed by atoms with Crippen LogP contribution >= 0.6 is 11.6 Å². The lowest BCUT2D eigenvalue weighted by Gasteiger charge is -2.28. The van der Waals surface area contributed by atoms with Crippen LogP contribution in [0.4, 0.5) is 5.69 Å². The molecule has 0 aliphatic rings. The molecule has 0 saturated carbocycles. The minimum Gasteiger partial charge on any atom is -0.593 e. The summed E-state index contributed by atoms with van der Waals surface area (Å²) >= 11 is 4.40. The molecular formula is C11H16ClN3OS. The van der Waals surface area contributed by atoms with Crippen LogP contribution < -0.4 is 10.0 Å². The first-order chi connectivity index (χ1) is 8.06. The SMILES string of the molecule is CC[S+]([O-])N(c1ccccc1)C(C)N=C(N)Cl. The summed E-state index contributed by atoms with van der Waals surface area (Å²) in [6, 6.07) is 9.43. The van der Waals surface area contributed by atoms with E-state index in [-0.39, 0.29) is 11.5 Å². The zero-order valence-corrected chi connectivity index (χ0v) is 11.4. The van der Waals surface area contributed by atoms with E-state index in [4.69, 9.17) is 17.3 Å². The van der Waals surface area contributed by atoms with E-state index in [2.05, 4.69) is 4.99 Å². The zero-order chi connectivity index (χ0) is 12.8. The summed E-state index contributed by atoms with van der Waals surface area (Å²) in [5.74, 6) is 0.511. The Morgan fingerprint density at radius 2 is 2.12 bits per heavy atom. The first-order valence-corrected chi connectivity index (χ1v) is 6.93. The highest BCUT2D eigenvalue weighted by molar-refractivity contribution is 7.92. The normalized spacial score (nSPS) is 15.4. The molecule has 0 saturated heterocycles. The minimum absolute atomic E-state index is 0.0356. The number of hydrogen-bond donors (Lipinski definition) is 1. The van der Waals surface area contributed by atoms with Gasteiger partial charge < -0.3 is 10.3 Å². The Morgan fingerprint density at radius 3 is 2.59 bits per heavy atom. The third-order valence-electron chi connectivity index (χ3n) is 2.13. The van der Waals surface area contributed by atoms with Crippen LogP contribution in [0.2, 0.25) is 0 Å². The predicted molar refractivity (Wildman–Crippen MR) is 74.5 cm³/mol. The van der Waals surface area contributed by atoms with Gasteiger partial charge in [0.2, 0.25) is 0 Å². The van der Waals surface area contributed by atoms with Gasteiger partial charge in [0.05, 0.1) is 17.0 Å². The van der Waals surface area contributed by atoms with E-state index in [0.29, 0.717) is 5.75 Å². The fourth-order valence-corrected chi connectivity index (χ4v) is 2.61. The molecular weight excluding hydrogens is 258 g/mol. The molecule has 0 amide bonds. The molecule has 0 spiro atoms. The third kappa shape index (κ3) is 4.11. The Labute approximate surface area is 110 Å². The molecule has 0 radical (unpaired) electrons. The van der Waals surface area contributed by atoms with Crippen LogP contribution in [0.5, 0.6) is 0 Å². The van der Waals surface area contributed by atoms with Crippen LogP contribution in [-0.4, -0.2) is 21.8 Å². The molecule has 0 bridgehead atoms. The highest BCUT2D eigenvalue weighted by Gasteiger charge is 2.24. The van der Waals surface area contributed by atoms with Gasteiger partial charge in [0.1, 0.15) is 5.75 Å². The Kier molecular flexibility index (Phi) is 5.61. The predicted octanol–water partition coefficient (Wildman–Crippen LogP) is 2.08. The number of para-hydroxylation sites is 1. The Hall–Kier alpha value is -0.910. The minimum atomic E-state index is -1.15. The molecule has 0 aliphatic carbocycles. The van der Waals surface area contributed by atoms with E-state index in [0.717, 1.165) is 5.69 Å². The molecule has 1 aromatic carbocycles. The summed E-state index contributed by atoms with van der Waals surface area (Å²) in [5.41, 5.74) is 6.18. The molecule has 0 fully saturated rings. The molecule has 0 heterocycles. The molecule has 2 atom stereocenters. The molecule has 2 N–H and O–H groups in total. The highest BCUT2D eigenvalue weighted by Crippen LogP contribution is 2.21. The lowest BCUT2D eigenvalue weighted by molar-refractivity contribution is 0.582. The quantitative estimate of drug-likeness (QED) is 0.387. The van der Waals surface area contributed by atoms with Gasteiger partial charge in [-0.1, -0.05) is 18.2 Å². The van der Waals surface area contributed by atoms with Crippen molar-refractivity contribution in [2.45, 2.75) is 20.0 Å². The molecule has 6 heteroatoms. The monoisotopic (exact) mass is 273 g/mol. The molecule has 0 aliphatic heterocycles. The molecule has 4 nitrogen and oxygen atoms in total. The van der Waals surface area contributed by atoms with Crippen molar-refractivity contribution in [1.82, 2.24) is 0 Å². The summed E-state index contributed by atoms with van der Waals surface area (Å²) < 4.78 is 13.7. The van der Waals surface area contributed by atoms with Crippen molar-refractivity contribution in [3.8, 4) is 0 Å². The number of benzene rings is 1. The topological polar surface area (TPSA) is 64.7 Å². The van der Waals surface area contributed by atoms with E-state index >= 15 is 0 Å². The summed E-state index contributed by atoms with van der Waals surface area (Å²) in [5, 5.41) is -0.0356. The van der Waals surface area contributed by atoms with E-state index in [1.807, 2.05) is 37.3 Å². The number of rotatable bonds is 5. The van der Waals surface area contributed by atoms with Gasteiger partial charge in [-0.05, 0) is 37.6 Å². The van der Waals surface area contributed by atoms with Crippen molar-refractivity contribution < 1.29 is 4.55 Å². The number of amidine groups is 1. The fourth-order valence-electron chi connectivity index (χ4n) is 1.45. The van der Waals surface area contributed by atoms with Crippen molar-refractivity contribution >= 4 is 33.9 Å². The van der Waals surface area contributed by atoms with Crippen LogP contribution in [-0.2, 0) is 11.4 Å². The largest absolute Gasteiger partial charge is 0.593 e. The smallest absolute Gasteiger partial charge is 0.190 e. The van der Waals surface area contributed by atoms with Crippen molar-refractivity contribution in [1.29, 1.82) is 0 Å². The van der Waals surface area contributed by atoms with Gasteiger partial charge >= 0.3 is 0 Å². The summed E-state index contributed by atoms with van der Waals surface area (Å²) in [6.07, 6.45) is -0.365. The number of anilines is 1. The molecule has 1 rings (SSSR count). The van der Waals surface area contributed by atoms with Gasteiger partial charge in [-0.2, -0.15) is 4.31 Å². The molecule has 1 aromatic rings. The van der Waals surface area contributed by atoms with Crippen molar-refractivity contribution in [2.24, 2.45) is 10.7 Å². The highest BCUT2D eigenvalue weighted by atomic mass is 35.5. The maximum absolute atomic E-state index is 12.0. The Morgan fingerprint density at radius 1 is 1.53 bits per heavy atom. The first kappa shape index (κ1) is 14.2. The molecule has 17 heavy (non-hydrogen) atoms. The maximum Gasteiger partial charge on any atom is 0.190 e. The van der Waals surface area contributed by atoms with Crippen LogP contribution in [0.25, 0.3) is 0 Å². The lowest BCUT2D eigenvalue weighted by atomic mass is 10.3. The average molecular weight is 274 g/mol. The number of halogens is 1. The van der Waals surface area contributed by atoms with Crippen LogP contribution in [0.3, 0.4) is 0 Å². The van der Waals surface area contributed by atoms with Crippen LogP contribution in [0.15, 0.2) is 35.3 Å². The van der Waals surface area contributed by atoms with Crippen molar-refractivity contribution in [2.75, 3.05) is 10.1 Å². The second-order valence-electron chi connectivity index (χ2n) is 3.36. The summed E-state index contributed by atoms with van der Waals surface area (Å²) in [7, 11) is 0. The number of nitrogens with two attached hydrogens (primary N) is 1. The van der Waals surface area contributed by atoms with E-state index in [9.17, 15) is 4.55 Å². The van der Waals surface area contributed by atoms with Gasteiger partial charge in [-0.15, -0.1) is 0 Å². The fraction of sp³-hybridized carbons (Fsp3) is 0.364. The second-order valence-corrected chi connectivity index (χ2v) is 5.36. The van der Waals surface area contributed by atoms with E-state index < -0.39 is 11.4 Å². The van der Waals surface area contributed by atoms with Crippen molar-refractivity contribution in [3.05, 3.63) is 30.3 Å². The number of hydrogen-bond acceptors (Lipinski definition) is 3. The molecule has 94 valence electrons. The average Bonchev–Trinajstić information content (AvgIpc) is 2.29. The van der Waals surface area contributed by atoms with Gasteiger partial charge in [0, 0.05) is 0 Å². The summed E-state index contributed by atoms with van der Waals surface area (Å²) in [4.78, 5) is 4.02. The Bertz CT molecular complexity index is 370. The van der Waals surface area contributed by atoms with Gasteiger partial charge in [0.15, 0.2) is 11.5 Å². The first-order valence-electron chi connectivity index (χ1n) is 5.27. The number of aliphatic imine (C=N–C) groups is 1. The molecule has 0 aromatic heterocycles. The van der Waals surface area contributed by atoms with Gasteiger partial charge in [-0.3, -0.25) is 0 Å². The number of nitrogens with zero attached hydrogens (tertiary/aromatic N) is 2. The van der Waals surface area contributed by atoms with Crippen LogP contribution in [0.1, 0.15) is 13.8 Å². The summed E-state index contributed by atoms with van der Waals surface area (Å²) in [6.45, 7) is 3.66. The van der Waals surface area contributed by atoms with Gasteiger partial charge in [-0.25, -0.2) is 4.99 Å². The maximum atomic E-state index is 12.0. The van der Waals surface area contributed by atoms with Crippen LogP contribution in [0, 0.1) is 0 Å². The van der Waals surface area contributed by atoms with Gasteiger partial charge in [0.25, 0.3) is 0 Å². The zero-order valence-electron chi connectivity index (χ0n) is 9.84. The van der Waals surface area contributed by atoms with E-state index in [1.54, 1.807) is 11.2 Å². The molecule has 2 unspecified atom stereocenters. The second kappa shape index (κ2) is 6.74. The van der Waals surface area contributed by atoms with Crippen molar-refractivity contribution in [3.63, 3.8) is 0 Å². The van der Waals surface area contributed by atoms with E-state index in [1.165, 1.54) is 0 Å². The standard InChI is InChI=1S/C11H16ClN3OS/c1-3-17(16)15(9(2)14-11(12)13)10-7-5-4-6-8-10/h4-9H,3H2,1-2H3,(H2,13,14). The Balaban J connectivity index is 3.00. The third-order valence-corrected chi connectivity index (χ3v) is 3.67. The lowest BCUT2D eigenvalue weighted by Crippen LogP contribution is -2.39.